The van der Waals surface area contributed by atoms with Crippen LogP contribution >= 0.6 is 0 Å². The molecule has 4 aromatic carbocycles. The standard InChI is InChI=1S/C34H26N10O11S3.3Na/c35-24-16-27(45)26(17-25(24)41-37-22-10-12-23(13-11-22)56(47,48)49)42-38-20-6-8-21(9-7-20)40-43-32-28(57(50,51)52)14-18-15-29(58(53,54)55)33(34(46)30(18)31(32)36)44-39-19-4-2-1-3-5-19;;;/h1-17,37,39H,35-36H2,(H,47,48,49)(H,50,51,52)(H,53,54,55);;;/q;3*+1/p-3/b41-25+,42-38?,43-40?,44-33+;;;. The molecule has 4 aromatic rings. The van der Waals surface area contributed by atoms with Crippen molar-refractivity contribution >= 4 is 93.5 Å². The van der Waals surface area contributed by atoms with E-state index in [1.165, 1.54) is 54.6 Å². The van der Waals surface area contributed by atoms with E-state index < -0.39 is 84.8 Å². The topological polar surface area (TPSA) is 356 Å². The van der Waals surface area contributed by atoms with E-state index in [-0.39, 0.29) is 117 Å². The maximum atomic E-state index is 13.6. The van der Waals surface area contributed by atoms with Gasteiger partial charge in [-0.3, -0.25) is 20.4 Å². The zero-order valence-electron chi connectivity index (χ0n) is 31.9. The molecule has 2 aliphatic rings. The van der Waals surface area contributed by atoms with Gasteiger partial charge in [0, 0.05) is 6.08 Å². The smallest absolute Gasteiger partial charge is 0.744 e. The molecule has 0 aromatic heterocycles. The van der Waals surface area contributed by atoms with Crippen molar-refractivity contribution in [1.29, 1.82) is 0 Å². The molecule has 21 nitrogen and oxygen atoms in total. The quantitative estimate of drug-likeness (QED) is 0.0273. The van der Waals surface area contributed by atoms with Crippen molar-refractivity contribution in [2.24, 2.45) is 36.4 Å². The van der Waals surface area contributed by atoms with Gasteiger partial charge in [-0.15, -0.1) is 10.2 Å². The number of azo groups is 2. The number of nitrogens with zero attached hydrogens (tertiary/aromatic N) is 6. The molecule has 61 heavy (non-hydrogen) atoms. The van der Waals surface area contributed by atoms with E-state index in [1.807, 2.05) is 0 Å². The fourth-order valence-corrected chi connectivity index (χ4v) is 6.87. The van der Waals surface area contributed by atoms with Gasteiger partial charge < -0.3 is 25.1 Å². The molecule has 0 saturated heterocycles. The van der Waals surface area contributed by atoms with Crippen LogP contribution in [0.15, 0.2) is 154 Å². The van der Waals surface area contributed by atoms with E-state index in [0.717, 1.165) is 18.2 Å². The Bertz CT molecular complexity index is 2960. The van der Waals surface area contributed by atoms with Crippen LogP contribution in [0.25, 0.3) is 6.08 Å². The van der Waals surface area contributed by atoms with Gasteiger partial charge in [0.2, 0.25) is 11.6 Å². The molecule has 2 aliphatic carbocycles. The summed E-state index contributed by atoms with van der Waals surface area (Å²) in [5.74, 6) is -1.80. The van der Waals surface area contributed by atoms with E-state index >= 15 is 0 Å². The normalized spacial score (nSPS) is 15.6. The van der Waals surface area contributed by atoms with Crippen molar-refractivity contribution in [2.45, 2.75) is 9.79 Å². The van der Waals surface area contributed by atoms with Gasteiger partial charge in [-0.1, -0.05) is 18.2 Å². The van der Waals surface area contributed by atoms with Gasteiger partial charge in [0.05, 0.1) is 54.4 Å². The number of Topliss-reactive ketones (excluding diaryl/α,β-unsaturated/α-hetero) is 1. The van der Waals surface area contributed by atoms with Crippen LogP contribution in [0.3, 0.4) is 0 Å². The fourth-order valence-electron chi connectivity index (χ4n) is 5.09. The van der Waals surface area contributed by atoms with Crippen LogP contribution in [-0.2, 0) is 35.1 Å². The van der Waals surface area contributed by atoms with Gasteiger partial charge in [-0.2, -0.15) is 20.4 Å². The van der Waals surface area contributed by atoms with Gasteiger partial charge in [-0.05, 0) is 84.4 Å². The van der Waals surface area contributed by atoms with Crippen molar-refractivity contribution < 1.29 is 137 Å². The van der Waals surface area contributed by atoms with Crippen molar-refractivity contribution in [3.63, 3.8) is 0 Å². The number of anilines is 3. The number of carbonyl (C=O) groups is 2. The molecule has 0 heterocycles. The summed E-state index contributed by atoms with van der Waals surface area (Å²) in [5.41, 5.74) is 14.7. The number of nitrogen functional groups attached to an aromatic ring is 1. The molecule has 6 N–H and O–H groups in total. The summed E-state index contributed by atoms with van der Waals surface area (Å²) < 4.78 is 107. The summed E-state index contributed by atoms with van der Waals surface area (Å²) >= 11 is 0. The third-order valence-corrected chi connectivity index (χ3v) is 10.4. The summed E-state index contributed by atoms with van der Waals surface area (Å²) in [6.07, 6.45) is 2.96. The summed E-state index contributed by atoms with van der Waals surface area (Å²) in [4.78, 5) is 23.5. The third kappa shape index (κ3) is 12.5. The number of fused-ring (bicyclic) bond motifs is 1. The molecule has 0 fully saturated rings. The van der Waals surface area contributed by atoms with Crippen LogP contribution in [-0.4, -0.2) is 61.9 Å². The van der Waals surface area contributed by atoms with E-state index in [0.29, 0.717) is 23.5 Å². The zero-order valence-corrected chi connectivity index (χ0v) is 40.3. The first kappa shape index (κ1) is 51.3. The zero-order chi connectivity index (χ0) is 42.0. The van der Waals surface area contributed by atoms with E-state index in [2.05, 4.69) is 41.5 Å². The molecular formula is C34H23N10Na3O11S3. The number of hydrazone groups is 2. The van der Waals surface area contributed by atoms with Crippen LogP contribution in [0, 0.1) is 0 Å². The first-order valence-electron chi connectivity index (χ1n) is 15.9. The molecule has 0 atom stereocenters. The number of carbonyl (C=O) groups excluding carboxylic acids is 2. The van der Waals surface area contributed by atoms with Gasteiger partial charge in [0.15, 0.2) is 0 Å². The molecule has 0 radical (unpaired) electrons. The number of benzene rings is 4. The maximum Gasteiger partial charge on any atom is 1.00 e. The average molecular weight is 913 g/mol. The largest absolute Gasteiger partial charge is 1.00 e. The van der Waals surface area contributed by atoms with Crippen LogP contribution in [0.4, 0.5) is 34.1 Å². The maximum absolute atomic E-state index is 13.6. The predicted octanol–water partition coefficient (Wildman–Crippen LogP) is -5.08. The fraction of sp³-hybridized carbons (Fsp3) is 0. The SMILES string of the molecule is NC1=CC(=O)C(N=Nc2ccc(N=Nc3c(S(=O)(=O)[O-])cc4c(c3N)C(=O)/C(=N/Nc3ccccc3)C(S(=O)(=O)[O-])=C4)cc2)=C/C1=N\Nc1ccc(S(=O)(=O)[O-])cc1.[Na+].[Na+].[Na+]. The summed E-state index contributed by atoms with van der Waals surface area (Å²) in [5, 5.41) is 23.6. The molecule has 296 valence electrons. The Kier molecular flexibility index (Phi) is 17.5. The first-order chi connectivity index (χ1) is 27.3. The molecule has 0 amide bonds. The number of ketones is 2. The van der Waals surface area contributed by atoms with Crippen molar-refractivity contribution in [1.82, 2.24) is 0 Å². The number of hydrogen-bond donors (Lipinski definition) is 4. The Balaban J connectivity index is 0.00000331. The Morgan fingerprint density at radius 2 is 1.15 bits per heavy atom. The summed E-state index contributed by atoms with van der Waals surface area (Å²) in [6.45, 7) is 0. The molecular weight excluding hydrogens is 890 g/mol. The number of para-hydroxylation sites is 1. The number of hydrogen-bond acceptors (Lipinski definition) is 21. The Morgan fingerprint density at radius 3 is 1.70 bits per heavy atom. The molecule has 6 rings (SSSR count). The molecule has 0 bridgehead atoms. The number of allylic oxidation sites excluding steroid dienone is 3. The van der Waals surface area contributed by atoms with Crippen molar-refractivity contribution in [3.8, 4) is 0 Å². The van der Waals surface area contributed by atoms with Gasteiger partial charge in [-0.25, -0.2) is 25.3 Å². The molecule has 0 unspecified atom stereocenters. The molecule has 27 heteroatoms. The summed E-state index contributed by atoms with van der Waals surface area (Å²) in [6, 6.07) is 18.8. The van der Waals surface area contributed by atoms with Crippen LogP contribution < -0.4 is 111 Å². The van der Waals surface area contributed by atoms with E-state index in [1.54, 1.807) is 18.2 Å². The van der Waals surface area contributed by atoms with Gasteiger partial charge >= 0.3 is 88.7 Å². The van der Waals surface area contributed by atoms with Gasteiger partial charge in [0.1, 0.15) is 53.2 Å². The predicted molar refractivity (Wildman–Crippen MR) is 204 cm³/mol. The minimum Gasteiger partial charge on any atom is -0.744 e. The Labute approximate surface area is 413 Å². The molecule has 0 spiro atoms. The average Bonchev–Trinajstić information content (AvgIpc) is 3.16. The second kappa shape index (κ2) is 20.9. The minimum absolute atomic E-state index is 0. The molecule has 0 aliphatic heterocycles. The molecule has 0 saturated carbocycles. The van der Waals surface area contributed by atoms with Crippen LogP contribution in [0.1, 0.15) is 15.9 Å². The van der Waals surface area contributed by atoms with Crippen molar-refractivity contribution in [2.75, 3.05) is 16.6 Å². The number of nitrogens with two attached hydrogens (primary N) is 2. The third-order valence-electron chi connectivity index (χ3n) is 7.85. The first-order valence-corrected chi connectivity index (χ1v) is 20.1. The van der Waals surface area contributed by atoms with Gasteiger partial charge in [0.25, 0.3) is 0 Å². The number of rotatable bonds is 11. The van der Waals surface area contributed by atoms with E-state index in [9.17, 15) is 48.5 Å². The monoisotopic (exact) mass is 912 g/mol. The second-order valence-corrected chi connectivity index (χ2v) is 15.9. The second-order valence-electron chi connectivity index (χ2n) is 11.8. The Hall–Kier alpha value is -4.09. The van der Waals surface area contributed by atoms with Crippen LogP contribution in [0.2, 0.25) is 0 Å². The van der Waals surface area contributed by atoms with E-state index in [4.69, 9.17) is 11.5 Å². The minimum atomic E-state index is -5.39. The summed E-state index contributed by atoms with van der Waals surface area (Å²) in [7, 11) is -15.4. The number of nitrogens with one attached hydrogen (secondary N) is 2. The van der Waals surface area contributed by atoms with Crippen molar-refractivity contribution in [3.05, 3.63) is 125 Å². The van der Waals surface area contributed by atoms with Crippen LogP contribution in [0.5, 0.6) is 0 Å². The Morgan fingerprint density at radius 1 is 0.590 bits per heavy atom.